The number of aromatic amines is 1. The first-order chi connectivity index (χ1) is 12.2. The molecule has 1 fully saturated rings. The van der Waals surface area contributed by atoms with E-state index in [0.29, 0.717) is 0 Å². The lowest BCUT2D eigenvalue weighted by Gasteiger charge is -2.26. The third kappa shape index (κ3) is 3.33. The fraction of sp³-hybridized carbons (Fsp3) is 0.333. The Morgan fingerprint density at radius 1 is 1.08 bits per heavy atom. The molecule has 0 amide bonds. The van der Waals surface area contributed by atoms with Crippen molar-refractivity contribution in [3.8, 4) is 11.1 Å². The lowest BCUT2D eigenvalue weighted by Crippen LogP contribution is -2.35. The minimum Gasteiger partial charge on any atom is -0.390 e. The number of aliphatic hydroxyl groups is 1. The molecule has 1 aliphatic heterocycles. The van der Waals surface area contributed by atoms with Crippen LogP contribution in [-0.4, -0.2) is 41.3 Å². The maximum absolute atomic E-state index is 9.45. The maximum atomic E-state index is 9.45. The fourth-order valence-electron chi connectivity index (χ4n) is 3.59. The Kier molecular flexibility index (Phi) is 4.57. The number of ether oxygens (including phenoxy) is 1. The van der Waals surface area contributed by atoms with Crippen molar-refractivity contribution >= 4 is 10.9 Å². The summed E-state index contributed by atoms with van der Waals surface area (Å²) in [7, 11) is 0. The minimum atomic E-state index is 0.0465. The summed E-state index contributed by atoms with van der Waals surface area (Å²) in [5.41, 5.74) is 6.88. The van der Waals surface area contributed by atoms with Gasteiger partial charge in [0.2, 0.25) is 0 Å². The molecule has 130 valence electrons. The first-order valence-electron chi connectivity index (χ1n) is 8.86. The van der Waals surface area contributed by atoms with Gasteiger partial charge in [-0.25, -0.2) is 0 Å². The number of aryl methyl sites for hydroxylation is 1. The number of hydrogen-bond donors (Lipinski definition) is 2. The largest absolute Gasteiger partial charge is 0.390 e. The van der Waals surface area contributed by atoms with Crippen LogP contribution in [0.1, 0.15) is 16.8 Å². The summed E-state index contributed by atoms with van der Waals surface area (Å²) in [6.07, 6.45) is 0. The smallest absolute Gasteiger partial charge is 0.0833 e. The van der Waals surface area contributed by atoms with Gasteiger partial charge in [-0.1, -0.05) is 24.3 Å². The summed E-state index contributed by atoms with van der Waals surface area (Å²) < 4.78 is 5.43. The van der Waals surface area contributed by atoms with Crippen LogP contribution in [0.25, 0.3) is 22.0 Å². The average molecular weight is 336 g/mol. The SMILES string of the molecule is Cc1c(CO)[nH]c2ccc(-c3cccc(CN4CCOCC4)c3)cc12. The van der Waals surface area contributed by atoms with Crippen LogP contribution in [0, 0.1) is 6.92 Å². The predicted octanol–water partition coefficient (Wildman–Crippen LogP) is 3.47. The van der Waals surface area contributed by atoms with E-state index in [9.17, 15) is 5.11 Å². The van der Waals surface area contributed by atoms with Gasteiger partial charge >= 0.3 is 0 Å². The molecule has 4 nitrogen and oxygen atoms in total. The van der Waals surface area contributed by atoms with Crippen LogP contribution in [0.5, 0.6) is 0 Å². The van der Waals surface area contributed by atoms with Gasteiger partial charge in [0.25, 0.3) is 0 Å². The molecule has 1 aromatic heterocycles. The number of nitrogens with one attached hydrogen (secondary N) is 1. The van der Waals surface area contributed by atoms with Crippen LogP contribution in [0.3, 0.4) is 0 Å². The highest BCUT2D eigenvalue weighted by Gasteiger charge is 2.12. The van der Waals surface area contributed by atoms with E-state index in [0.717, 1.165) is 49.6 Å². The van der Waals surface area contributed by atoms with Crippen molar-refractivity contribution in [3.63, 3.8) is 0 Å². The second-order valence-corrected chi connectivity index (χ2v) is 6.74. The zero-order chi connectivity index (χ0) is 17.2. The fourth-order valence-corrected chi connectivity index (χ4v) is 3.59. The van der Waals surface area contributed by atoms with Gasteiger partial charge in [-0.15, -0.1) is 0 Å². The first-order valence-corrected chi connectivity index (χ1v) is 8.86. The van der Waals surface area contributed by atoms with Gasteiger partial charge in [-0.2, -0.15) is 0 Å². The van der Waals surface area contributed by atoms with Crippen LogP contribution >= 0.6 is 0 Å². The Bertz CT molecular complexity index is 879. The van der Waals surface area contributed by atoms with Crippen LogP contribution in [-0.2, 0) is 17.9 Å². The van der Waals surface area contributed by atoms with E-state index in [2.05, 4.69) is 59.3 Å². The van der Waals surface area contributed by atoms with Crippen molar-refractivity contribution in [1.82, 2.24) is 9.88 Å². The molecule has 2 heterocycles. The Balaban J connectivity index is 1.63. The summed E-state index contributed by atoms with van der Waals surface area (Å²) in [5.74, 6) is 0. The van der Waals surface area contributed by atoms with Gasteiger partial charge in [0.05, 0.1) is 19.8 Å². The maximum Gasteiger partial charge on any atom is 0.0833 e. The molecule has 2 N–H and O–H groups in total. The number of aromatic nitrogens is 1. The molecule has 4 heteroatoms. The Labute approximate surface area is 148 Å². The van der Waals surface area contributed by atoms with Gasteiger partial charge in [0.15, 0.2) is 0 Å². The first kappa shape index (κ1) is 16.3. The minimum absolute atomic E-state index is 0.0465. The van der Waals surface area contributed by atoms with Crippen LogP contribution in [0.15, 0.2) is 42.5 Å². The van der Waals surface area contributed by atoms with E-state index in [4.69, 9.17) is 4.74 Å². The second kappa shape index (κ2) is 7.00. The van der Waals surface area contributed by atoms with Gasteiger partial charge in [0, 0.05) is 36.2 Å². The highest BCUT2D eigenvalue weighted by Crippen LogP contribution is 2.28. The average Bonchev–Trinajstić information content (AvgIpc) is 2.98. The Morgan fingerprint density at radius 2 is 1.88 bits per heavy atom. The number of benzene rings is 2. The van der Waals surface area contributed by atoms with Crippen molar-refractivity contribution in [2.45, 2.75) is 20.1 Å². The van der Waals surface area contributed by atoms with E-state index in [-0.39, 0.29) is 6.61 Å². The number of hydrogen-bond acceptors (Lipinski definition) is 3. The van der Waals surface area contributed by atoms with Crippen LogP contribution in [0.2, 0.25) is 0 Å². The molecule has 1 aliphatic rings. The molecule has 0 radical (unpaired) electrons. The molecule has 0 aliphatic carbocycles. The summed E-state index contributed by atoms with van der Waals surface area (Å²) >= 11 is 0. The molecule has 25 heavy (non-hydrogen) atoms. The monoisotopic (exact) mass is 336 g/mol. The number of nitrogens with zero attached hydrogens (tertiary/aromatic N) is 1. The van der Waals surface area contributed by atoms with E-state index in [1.807, 2.05) is 0 Å². The number of morpholine rings is 1. The molecule has 2 aromatic carbocycles. The van der Waals surface area contributed by atoms with Gasteiger partial charge in [-0.05, 0) is 47.4 Å². The highest BCUT2D eigenvalue weighted by molar-refractivity contribution is 5.89. The normalized spacial score (nSPS) is 15.8. The Morgan fingerprint density at radius 3 is 2.68 bits per heavy atom. The number of aliphatic hydroxyl groups excluding tert-OH is 1. The molecular weight excluding hydrogens is 312 g/mol. The van der Waals surface area contributed by atoms with Gasteiger partial charge < -0.3 is 14.8 Å². The molecule has 0 bridgehead atoms. The molecule has 0 atom stereocenters. The number of fused-ring (bicyclic) bond motifs is 1. The standard InChI is InChI=1S/C21H24N2O2/c1-15-19-12-18(5-6-20(19)22-21(15)14-24)17-4-2-3-16(11-17)13-23-7-9-25-10-8-23/h2-6,11-12,22,24H,7-10,13-14H2,1H3. The van der Waals surface area contributed by atoms with E-state index in [1.165, 1.54) is 22.1 Å². The lowest BCUT2D eigenvalue weighted by molar-refractivity contribution is 0.0342. The number of rotatable bonds is 4. The summed E-state index contributed by atoms with van der Waals surface area (Å²) in [4.78, 5) is 5.73. The number of H-pyrrole nitrogens is 1. The van der Waals surface area contributed by atoms with Gasteiger partial charge in [0.1, 0.15) is 0 Å². The third-order valence-corrected chi connectivity index (χ3v) is 5.09. The van der Waals surface area contributed by atoms with E-state index < -0.39 is 0 Å². The predicted molar refractivity (Wildman–Crippen MR) is 100 cm³/mol. The molecular formula is C21H24N2O2. The summed E-state index contributed by atoms with van der Waals surface area (Å²) in [6.45, 7) is 6.74. The molecule has 4 rings (SSSR count). The van der Waals surface area contributed by atoms with E-state index in [1.54, 1.807) is 0 Å². The molecule has 0 spiro atoms. The van der Waals surface area contributed by atoms with Crippen LogP contribution < -0.4 is 0 Å². The van der Waals surface area contributed by atoms with Crippen molar-refractivity contribution in [3.05, 3.63) is 59.3 Å². The third-order valence-electron chi connectivity index (χ3n) is 5.09. The molecule has 0 saturated carbocycles. The molecule has 0 unspecified atom stereocenters. The van der Waals surface area contributed by atoms with Crippen molar-refractivity contribution in [1.29, 1.82) is 0 Å². The Hall–Kier alpha value is -2.14. The quantitative estimate of drug-likeness (QED) is 0.767. The van der Waals surface area contributed by atoms with Crippen LogP contribution in [0.4, 0.5) is 0 Å². The lowest BCUT2D eigenvalue weighted by atomic mass is 10.0. The van der Waals surface area contributed by atoms with E-state index >= 15 is 0 Å². The summed E-state index contributed by atoms with van der Waals surface area (Å²) in [5, 5.41) is 10.6. The molecule has 3 aromatic rings. The topological polar surface area (TPSA) is 48.5 Å². The van der Waals surface area contributed by atoms with Crippen molar-refractivity contribution in [2.75, 3.05) is 26.3 Å². The van der Waals surface area contributed by atoms with Crippen molar-refractivity contribution < 1.29 is 9.84 Å². The van der Waals surface area contributed by atoms with Gasteiger partial charge in [-0.3, -0.25) is 4.90 Å². The van der Waals surface area contributed by atoms with Crippen molar-refractivity contribution in [2.24, 2.45) is 0 Å². The second-order valence-electron chi connectivity index (χ2n) is 6.74. The summed E-state index contributed by atoms with van der Waals surface area (Å²) in [6, 6.07) is 15.2. The molecule has 1 saturated heterocycles. The zero-order valence-corrected chi connectivity index (χ0v) is 14.6. The highest BCUT2D eigenvalue weighted by atomic mass is 16.5. The zero-order valence-electron chi connectivity index (χ0n) is 14.6.